The second-order valence-corrected chi connectivity index (χ2v) is 12.4. The van der Waals surface area contributed by atoms with Crippen molar-refractivity contribution in [3.63, 3.8) is 0 Å². The summed E-state index contributed by atoms with van der Waals surface area (Å²) in [6.45, 7) is 4.18. The number of hydrogen-bond donors (Lipinski definition) is 1. The fourth-order valence-corrected chi connectivity index (χ4v) is 4.85. The lowest BCUT2D eigenvalue weighted by atomic mass is 9.72. The summed E-state index contributed by atoms with van der Waals surface area (Å²) in [6, 6.07) is 0. The maximum Gasteiger partial charge on any atom is 0.397 e. The van der Waals surface area contributed by atoms with Crippen molar-refractivity contribution in [1.29, 1.82) is 0 Å². The standard InChI is InChI=1S/C27H39F9O9S.F2/c1-7-24(5,22(41)43-9-8-17(27(34,35)36)25(30,31)26(32,33)20(28)29)14-23(3,4)21(40)45-11-16(37)10-44-18(38)13-46-12-15(2)19(39)42-6;1-2/h15-17,20,37H,7-14H2,1-6H3;. The van der Waals surface area contributed by atoms with E-state index in [0.717, 1.165) is 11.8 Å². The van der Waals surface area contributed by atoms with E-state index in [1.54, 1.807) is 6.92 Å². The first-order chi connectivity index (χ1) is 21.8. The molecule has 0 aliphatic carbocycles. The van der Waals surface area contributed by atoms with Gasteiger partial charge in [0.25, 0.3) is 0 Å². The van der Waals surface area contributed by atoms with E-state index >= 15 is 0 Å². The van der Waals surface area contributed by atoms with E-state index in [2.05, 4.69) is 9.47 Å². The van der Waals surface area contributed by atoms with Gasteiger partial charge in [0.05, 0.1) is 36.2 Å². The fraction of sp³-hybridized carbons (Fsp3) is 0.852. The molecular weight excluding hydrogens is 709 g/mol. The van der Waals surface area contributed by atoms with Gasteiger partial charge in [-0.05, 0) is 40.0 Å². The number of hydrogen-bond acceptors (Lipinski definition) is 10. The van der Waals surface area contributed by atoms with Crippen LogP contribution >= 0.6 is 11.8 Å². The summed E-state index contributed by atoms with van der Waals surface area (Å²) in [4.78, 5) is 48.6. The van der Waals surface area contributed by atoms with Crippen LogP contribution < -0.4 is 0 Å². The van der Waals surface area contributed by atoms with Crippen LogP contribution in [0.2, 0.25) is 0 Å². The summed E-state index contributed by atoms with van der Waals surface area (Å²) < 4.78 is 154. The Balaban J connectivity index is 0. The molecule has 48 heavy (non-hydrogen) atoms. The van der Waals surface area contributed by atoms with Gasteiger partial charge in [0.15, 0.2) is 0 Å². The highest BCUT2D eigenvalue weighted by Gasteiger charge is 2.71. The molecule has 284 valence electrons. The Labute approximate surface area is 273 Å². The maximum absolute atomic E-state index is 13.9. The number of halogens is 11. The minimum atomic E-state index is -6.32. The van der Waals surface area contributed by atoms with E-state index in [0.29, 0.717) is 0 Å². The topological polar surface area (TPSA) is 125 Å². The van der Waals surface area contributed by atoms with Gasteiger partial charge in [-0.2, -0.15) is 30.7 Å². The molecule has 0 radical (unpaired) electrons. The van der Waals surface area contributed by atoms with Gasteiger partial charge in [-0.25, -0.2) is 8.78 Å². The van der Waals surface area contributed by atoms with Crippen LogP contribution in [0.4, 0.5) is 48.7 Å². The van der Waals surface area contributed by atoms with E-state index in [1.807, 2.05) is 0 Å². The smallest absolute Gasteiger partial charge is 0.397 e. The summed E-state index contributed by atoms with van der Waals surface area (Å²) in [7, 11) is 1.22. The lowest BCUT2D eigenvalue weighted by Gasteiger charge is -2.35. The van der Waals surface area contributed by atoms with Crippen LogP contribution in [0.3, 0.4) is 0 Å². The molecule has 0 bridgehead atoms. The number of aliphatic hydroxyl groups excluding tert-OH is 1. The monoisotopic (exact) mass is 748 g/mol. The number of rotatable bonds is 20. The Hall–Kier alpha value is -2.58. The van der Waals surface area contributed by atoms with Crippen LogP contribution in [0, 0.1) is 22.7 Å². The van der Waals surface area contributed by atoms with Gasteiger partial charge in [0.1, 0.15) is 25.2 Å². The first kappa shape index (κ1) is 47.5. The predicted octanol–water partition coefficient (Wildman–Crippen LogP) is 6.30. The number of carbonyl (C=O) groups is 4. The summed E-state index contributed by atoms with van der Waals surface area (Å²) in [5.74, 6) is -20.6. The number of thioether (sulfide) groups is 1. The Morgan fingerprint density at radius 3 is 1.81 bits per heavy atom. The van der Waals surface area contributed by atoms with Crippen molar-refractivity contribution in [2.24, 2.45) is 22.7 Å². The Morgan fingerprint density at radius 1 is 0.833 bits per heavy atom. The highest BCUT2D eigenvalue weighted by molar-refractivity contribution is 7.99. The van der Waals surface area contributed by atoms with E-state index in [4.69, 9.17) is 18.6 Å². The molecular formula is C27H39F11O9S. The van der Waals surface area contributed by atoms with E-state index in [1.165, 1.54) is 34.8 Å². The molecule has 0 fully saturated rings. The van der Waals surface area contributed by atoms with Gasteiger partial charge in [-0.15, -0.1) is 11.8 Å². The molecule has 4 atom stereocenters. The van der Waals surface area contributed by atoms with Gasteiger partial charge in [-0.1, -0.05) is 13.8 Å². The molecule has 9 nitrogen and oxygen atoms in total. The van der Waals surface area contributed by atoms with Crippen LogP contribution in [0.15, 0.2) is 0 Å². The zero-order valence-electron chi connectivity index (χ0n) is 26.7. The number of carbonyl (C=O) groups excluding carboxylic acids is 4. The molecule has 21 heteroatoms. The van der Waals surface area contributed by atoms with Crippen LogP contribution in [0.5, 0.6) is 0 Å². The largest absolute Gasteiger partial charge is 0.469 e. The maximum atomic E-state index is 13.9. The molecule has 0 spiro atoms. The van der Waals surface area contributed by atoms with E-state index < -0.39 is 103 Å². The molecule has 1 N–H and O–H groups in total. The molecule has 4 unspecified atom stereocenters. The third-order valence-corrected chi connectivity index (χ3v) is 8.06. The highest BCUT2D eigenvalue weighted by Crippen LogP contribution is 2.50. The molecule has 0 aromatic heterocycles. The average Bonchev–Trinajstić information content (AvgIpc) is 2.99. The molecule has 0 saturated heterocycles. The predicted molar refractivity (Wildman–Crippen MR) is 146 cm³/mol. The van der Waals surface area contributed by atoms with Crippen molar-refractivity contribution in [3.05, 3.63) is 0 Å². The Kier molecular flexibility index (Phi) is 20.0. The van der Waals surface area contributed by atoms with Crippen molar-refractivity contribution in [2.45, 2.75) is 84.4 Å². The summed E-state index contributed by atoms with van der Waals surface area (Å²) in [5, 5.41) is 10.0. The summed E-state index contributed by atoms with van der Waals surface area (Å²) in [6.07, 6.45) is -15.1. The van der Waals surface area contributed by atoms with Crippen molar-refractivity contribution < 1.29 is 91.9 Å². The molecule has 0 aliphatic heterocycles. The average molecular weight is 749 g/mol. The number of methoxy groups -OCH3 is 1. The quantitative estimate of drug-likeness (QED) is 0.0863. The van der Waals surface area contributed by atoms with Gasteiger partial charge < -0.3 is 24.1 Å². The van der Waals surface area contributed by atoms with Gasteiger partial charge in [0.2, 0.25) is 0 Å². The lowest BCUT2D eigenvalue weighted by Crippen LogP contribution is -2.55. The van der Waals surface area contributed by atoms with Gasteiger partial charge >= 0.3 is 48.3 Å². The molecule has 0 heterocycles. The summed E-state index contributed by atoms with van der Waals surface area (Å²) in [5.41, 5.74) is -3.17. The molecule has 0 rings (SSSR count). The van der Waals surface area contributed by atoms with Crippen LogP contribution in [-0.2, 0) is 38.1 Å². The SMILES string of the molecule is CCC(C)(CC(C)(C)C(=O)OCC(O)COC(=O)CSCC(C)C(=O)OC)C(=O)OCCC(C(F)(F)F)C(F)(F)C(F)(F)C(F)F.FF. The first-order valence-electron chi connectivity index (χ1n) is 13.9. The Morgan fingerprint density at radius 2 is 1.35 bits per heavy atom. The van der Waals surface area contributed by atoms with Crippen molar-refractivity contribution in [2.75, 3.05) is 38.4 Å². The lowest BCUT2D eigenvalue weighted by molar-refractivity contribution is -0.332. The third kappa shape index (κ3) is 14.5. The molecule has 0 saturated carbocycles. The Bertz CT molecular complexity index is 1030. The molecule has 0 aliphatic rings. The van der Waals surface area contributed by atoms with Crippen molar-refractivity contribution in [3.8, 4) is 0 Å². The van der Waals surface area contributed by atoms with Crippen molar-refractivity contribution >= 4 is 35.6 Å². The fourth-order valence-electron chi connectivity index (χ4n) is 4.00. The molecule has 0 aromatic carbocycles. The zero-order valence-corrected chi connectivity index (χ0v) is 27.6. The normalized spacial score (nSPS) is 15.6. The minimum Gasteiger partial charge on any atom is -0.469 e. The minimum absolute atomic E-state index is 0.111. The first-order valence-corrected chi connectivity index (χ1v) is 15.0. The second kappa shape index (κ2) is 20.2. The zero-order chi connectivity index (χ0) is 38.3. The number of aliphatic hydroxyl groups is 1. The van der Waals surface area contributed by atoms with E-state index in [-0.39, 0.29) is 24.3 Å². The second-order valence-electron chi connectivity index (χ2n) is 11.4. The molecule has 0 aromatic rings. The number of esters is 4. The van der Waals surface area contributed by atoms with Crippen molar-refractivity contribution in [1.82, 2.24) is 0 Å². The summed E-state index contributed by atoms with van der Waals surface area (Å²) >= 11 is 1.09. The van der Waals surface area contributed by atoms with Crippen LogP contribution in [0.25, 0.3) is 0 Å². The van der Waals surface area contributed by atoms with Crippen LogP contribution in [-0.4, -0.2) is 98.0 Å². The third-order valence-electron chi connectivity index (χ3n) is 6.88. The number of alkyl halides is 9. The van der Waals surface area contributed by atoms with Crippen LogP contribution in [0.1, 0.15) is 53.9 Å². The highest BCUT2D eigenvalue weighted by atomic mass is 32.2. The number of ether oxygens (including phenoxy) is 4. The van der Waals surface area contributed by atoms with E-state index in [9.17, 15) is 63.8 Å². The van der Waals surface area contributed by atoms with Gasteiger partial charge in [0, 0.05) is 14.9 Å². The van der Waals surface area contributed by atoms with Gasteiger partial charge in [-0.3, -0.25) is 19.2 Å². The molecule has 0 amide bonds.